The Labute approximate surface area is 71.6 Å². The fraction of sp³-hybridized carbons (Fsp3) is 0.750. The van der Waals surface area contributed by atoms with Crippen LogP contribution in [0.2, 0.25) is 0 Å². The van der Waals surface area contributed by atoms with Gasteiger partial charge in [0.2, 0.25) is 5.95 Å². The minimum absolute atomic E-state index is 0.305. The van der Waals surface area contributed by atoms with E-state index in [9.17, 15) is 0 Å². The van der Waals surface area contributed by atoms with E-state index in [0.29, 0.717) is 11.4 Å². The third kappa shape index (κ3) is 1.07. The van der Waals surface area contributed by atoms with Crippen LogP contribution in [0.4, 0.5) is 5.95 Å². The zero-order valence-corrected chi connectivity index (χ0v) is 7.30. The first-order valence-corrected chi connectivity index (χ1v) is 4.45. The number of rotatable bonds is 3. The van der Waals surface area contributed by atoms with E-state index in [0.717, 1.165) is 5.82 Å². The van der Waals surface area contributed by atoms with Gasteiger partial charge in [-0.15, -0.1) is 5.10 Å². The summed E-state index contributed by atoms with van der Waals surface area (Å²) >= 11 is 0. The van der Waals surface area contributed by atoms with Gasteiger partial charge in [-0.2, -0.15) is 4.98 Å². The molecule has 0 amide bonds. The number of H-pyrrole nitrogens is 1. The number of nitrogens with one attached hydrogen (secondary N) is 1. The summed E-state index contributed by atoms with van der Waals surface area (Å²) < 4.78 is 0. The molecule has 1 aliphatic carbocycles. The SMILES string of the molecule is CCCC1(c2nc(N)n[nH]2)CC1. The highest BCUT2D eigenvalue weighted by Gasteiger charge is 2.46. The Morgan fingerprint density at radius 3 is 2.75 bits per heavy atom. The normalized spacial score (nSPS) is 19.4. The van der Waals surface area contributed by atoms with E-state index in [1.807, 2.05) is 0 Å². The number of hydrogen-bond acceptors (Lipinski definition) is 3. The average Bonchev–Trinajstić information content (AvgIpc) is 2.69. The first-order chi connectivity index (χ1) is 5.77. The second-order valence-corrected chi connectivity index (χ2v) is 3.57. The molecule has 12 heavy (non-hydrogen) atoms. The second-order valence-electron chi connectivity index (χ2n) is 3.57. The molecule has 3 N–H and O–H groups in total. The lowest BCUT2D eigenvalue weighted by Crippen LogP contribution is -2.08. The molecule has 1 fully saturated rings. The summed E-state index contributed by atoms with van der Waals surface area (Å²) in [5.41, 5.74) is 5.75. The third-order valence-electron chi connectivity index (χ3n) is 2.59. The Morgan fingerprint density at radius 2 is 2.33 bits per heavy atom. The predicted molar refractivity (Wildman–Crippen MR) is 46.6 cm³/mol. The molecule has 0 atom stereocenters. The van der Waals surface area contributed by atoms with Crippen molar-refractivity contribution in [3.8, 4) is 0 Å². The lowest BCUT2D eigenvalue weighted by Gasteiger charge is -2.08. The monoisotopic (exact) mass is 166 g/mol. The van der Waals surface area contributed by atoms with Crippen LogP contribution >= 0.6 is 0 Å². The number of nitrogens with two attached hydrogens (primary N) is 1. The van der Waals surface area contributed by atoms with E-state index in [1.54, 1.807) is 0 Å². The van der Waals surface area contributed by atoms with Crippen LogP contribution in [0.15, 0.2) is 0 Å². The van der Waals surface area contributed by atoms with Crippen molar-refractivity contribution in [3.63, 3.8) is 0 Å². The molecule has 4 nitrogen and oxygen atoms in total. The molecule has 1 saturated carbocycles. The number of nitrogen functional groups attached to an aromatic ring is 1. The molecule has 0 bridgehead atoms. The van der Waals surface area contributed by atoms with Crippen LogP contribution < -0.4 is 5.73 Å². The van der Waals surface area contributed by atoms with Crippen molar-refractivity contribution in [2.24, 2.45) is 0 Å². The quantitative estimate of drug-likeness (QED) is 0.709. The van der Waals surface area contributed by atoms with Crippen LogP contribution in [0.1, 0.15) is 38.4 Å². The molecule has 1 aromatic rings. The summed E-state index contributed by atoms with van der Waals surface area (Å²) in [5.74, 6) is 1.36. The third-order valence-corrected chi connectivity index (χ3v) is 2.59. The molecule has 0 radical (unpaired) electrons. The van der Waals surface area contributed by atoms with Crippen molar-refractivity contribution in [3.05, 3.63) is 5.82 Å². The molecule has 2 rings (SSSR count). The standard InChI is InChI=1S/C8H14N4/c1-2-3-8(4-5-8)6-10-7(9)12-11-6/h2-5H2,1H3,(H3,9,10,11,12). The van der Waals surface area contributed by atoms with Crippen LogP contribution in [0.5, 0.6) is 0 Å². The van der Waals surface area contributed by atoms with E-state index < -0.39 is 0 Å². The number of aromatic amines is 1. The lowest BCUT2D eigenvalue weighted by atomic mass is 10.0. The Bertz CT molecular complexity index is 274. The van der Waals surface area contributed by atoms with Crippen molar-refractivity contribution in [2.75, 3.05) is 5.73 Å². The largest absolute Gasteiger partial charge is 0.367 e. The van der Waals surface area contributed by atoms with Crippen LogP contribution in [0, 0.1) is 0 Å². The van der Waals surface area contributed by atoms with Crippen LogP contribution in [-0.4, -0.2) is 15.2 Å². The summed E-state index contributed by atoms with van der Waals surface area (Å²) in [6.07, 6.45) is 4.85. The maximum absolute atomic E-state index is 5.45. The molecule has 0 saturated heterocycles. The van der Waals surface area contributed by atoms with Gasteiger partial charge in [0, 0.05) is 5.41 Å². The Hall–Kier alpha value is -1.06. The second kappa shape index (κ2) is 2.47. The van der Waals surface area contributed by atoms with Crippen LogP contribution in [0.3, 0.4) is 0 Å². The summed E-state index contributed by atoms with van der Waals surface area (Å²) in [7, 11) is 0. The average molecular weight is 166 g/mol. The van der Waals surface area contributed by atoms with E-state index >= 15 is 0 Å². The van der Waals surface area contributed by atoms with E-state index in [4.69, 9.17) is 5.73 Å². The van der Waals surface area contributed by atoms with Crippen molar-refractivity contribution < 1.29 is 0 Å². The zero-order chi connectivity index (χ0) is 8.60. The number of hydrogen-bond donors (Lipinski definition) is 2. The van der Waals surface area contributed by atoms with Gasteiger partial charge in [-0.25, -0.2) is 0 Å². The maximum Gasteiger partial charge on any atom is 0.239 e. The molecular weight excluding hydrogens is 152 g/mol. The van der Waals surface area contributed by atoms with E-state index in [1.165, 1.54) is 25.7 Å². The van der Waals surface area contributed by atoms with Gasteiger partial charge in [0.15, 0.2) is 0 Å². The molecule has 4 heteroatoms. The maximum atomic E-state index is 5.45. The van der Waals surface area contributed by atoms with Gasteiger partial charge in [-0.1, -0.05) is 13.3 Å². The van der Waals surface area contributed by atoms with Gasteiger partial charge in [0.25, 0.3) is 0 Å². The summed E-state index contributed by atoms with van der Waals surface area (Å²) in [4.78, 5) is 4.17. The van der Waals surface area contributed by atoms with Gasteiger partial charge in [0.05, 0.1) is 0 Å². The molecule has 0 aliphatic heterocycles. The molecular formula is C8H14N4. The summed E-state index contributed by atoms with van der Waals surface area (Å²) in [6, 6.07) is 0. The molecule has 66 valence electrons. The van der Waals surface area contributed by atoms with E-state index in [2.05, 4.69) is 22.1 Å². The Balaban J connectivity index is 2.18. The van der Waals surface area contributed by atoms with Crippen molar-refractivity contribution >= 4 is 5.95 Å². The number of aromatic nitrogens is 3. The smallest absolute Gasteiger partial charge is 0.239 e. The molecule has 0 aromatic carbocycles. The Morgan fingerprint density at radius 1 is 1.58 bits per heavy atom. The molecule has 0 unspecified atom stereocenters. The van der Waals surface area contributed by atoms with Crippen molar-refractivity contribution in [1.29, 1.82) is 0 Å². The molecule has 1 aliphatic rings. The van der Waals surface area contributed by atoms with Gasteiger partial charge >= 0.3 is 0 Å². The zero-order valence-electron chi connectivity index (χ0n) is 7.30. The number of anilines is 1. The number of nitrogens with zero attached hydrogens (tertiary/aromatic N) is 2. The molecule has 1 heterocycles. The minimum atomic E-state index is 0.305. The topological polar surface area (TPSA) is 67.6 Å². The van der Waals surface area contributed by atoms with Crippen LogP contribution in [-0.2, 0) is 5.41 Å². The molecule has 1 aromatic heterocycles. The van der Waals surface area contributed by atoms with E-state index in [-0.39, 0.29) is 0 Å². The first kappa shape index (κ1) is 7.58. The fourth-order valence-electron chi connectivity index (χ4n) is 1.75. The van der Waals surface area contributed by atoms with Gasteiger partial charge in [0.1, 0.15) is 5.82 Å². The lowest BCUT2D eigenvalue weighted by molar-refractivity contribution is 0.572. The predicted octanol–water partition coefficient (Wildman–Crippen LogP) is 1.22. The van der Waals surface area contributed by atoms with Gasteiger partial charge in [-0.3, -0.25) is 5.10 Å². The van der Waals surface area contributed by atoms with Crippen molar-refractivity contribution in [1.82, 2.24) is 15.2 Å². The Kier molecular flexibility index (Phi) is 1.56. The highest BCUT2D eigenvalue weighted by molar-refractivity contribution is 5.23. The van der Waals surface area contributed by atoms with Crippen LogP contribution in [0.25, 0.3) is 0 Å². The minimum Gasteiger partial charge on any atom is -0.367 e. The van der Waals surface area contributed by atoms with Gasteiger partial charge in [-0.05, 0) is 19.3 Å². The first-order valence-electron chi connectivity index (χ1n) is 4.45. The highest BCUT2D eigenvalue weighted by atomic mass is 15.3. The van der Waals surface area contributed by atoms with Crippen molar-refractivity contribution in [2.45, 2.75) is 38.0 Å². The summed E-state index contributed by atoms with van der Waals surface area (Å²) in [5, 5.41) is 6.75. The summed E-state index contributed by atoms with van der Waals surface area (Å²) in [6.45, 7) is 2.19. The molecule has 0 spiro atoms. The highest BCUT2D eigenvalue weighted by Crippen LogP contribution is 2.50. The fourth-order valence-corrected chi connectivity index (χ4v) is 1.75. The van der Waals surface area contributed by atoms with Gasteiger partial charge < -0.3 is 5.73 Å².